The monoisotopic (exact) mass is 589 g/mol. The van der Waals surface area contributed by atoms with Gasteiger partial charge in [0.05, 0.1) is 45.4 Å². The van der Waals surface area contributed by atoms with Crippen molar-refractivity contribution in [1.82, 2.24) is 5.32 Å². The molecule has 1 saturated carbocycles. The quantitative estimate of drug-likeness (QED) is 0.223. The molecule has 1 aliphatic carbocycles. The third-order valence-corrected chi connectivity index (χ3v) is 7.71. The maximum Gasteiger partial charge on any atom is 0.403 e. The second-order valence-electron chi connectivity index (χ2n) is 9.49. The third kappa shape index (κ3) is 6.06. The number of ether oxygens (including phenoxy) is 1. The van der Waals surface area contributed by atoms with Crippen molar-refractivity contribution in [3.8, 4) is 0 Å². The number of thiocarbonyl (C=S) groups is 1. The molecule has 0 spiro atoms. The number of methoxy groups -OCH3 is 1. The van der Waals surface area contributed by atoms with Gasteiger partial charge in [0.1, 0.15) is 5.41 Å². The van der Waals surface area contributed by atoms with Crippen LogP contribution in [0.15, 0.2) is 30.3 Å². The summed E-state index contributed by atoms with van der Waals surface area (Å²) in [4.78, 5) is 14.4. The highest BCUT2D eigenvalue weighted by Gasteiger charge is 2.68. The van der Waals surface area contributed by atoms with Crippen molar-refractivity contribution < 1.29 is 22.7 Å². The molecule has 1 saturated heterocycles. The van der Waals surface area contributed by atoms with E-state index in [2.05, 4.69) is 20.9 Å². The molecule has 1 heterocycles. The van der Waals surface area contributed by atoms with E-state index in [0.29, 0.717) is 39.3 Å². The maximum absolute atomic E-state index is 13.2. The van der Waals surface area contributed by atoms with Gasteiger partial charge in [-0.25, -0.2) is 0 Å². The molecular weight excluding hydrogens is 562 g/mol. The number of alkyl halides is 3. The smallest absolute Gasteiger partial charge is 0.397 e. The Balaban J connectivity index is 1.43. The Morgan fingerprint density at radius 2 is 1.89 bits per heavy atom. The molecule has 1 atom stereocenters. The van der Waals surface area contributed by atoms with E-state index in [1.54, 1.807) is 31.4 Å². The molecule has 2 aromatic rings. The van der Waals surface area contributed by atoms with Crippen LogP contribution in [0.5, 0.6) is 0 Å². The van der Waals surface area contributed by atoms with Gasteiger partial charge in [-0.2, -0.15) is 13.2 Å². The molecule has 2 aromatic carbocycles. The van der Waals surface area contributed by atoms with Crippen LogP contribution >= 0.6 is 35.4 Å². The van der Waals surface area contributed by atoms with E-state index in [9.17, 15) is 18.0 Å². The van der Waals surface area contributed by atoms with Crippen molar-refractivity contribution in [2.45, 2.75) is 44.4 Å². The largest absolute Gasteiger partial charge is 0.403 e. The van der Waals surface area contributed by atoms with E-state index in [1.807, 2.05) is 6.07 Å². The van der Waals surface area contributed by atoms with Gasteiger partial charge in [0, 0.05) is 20.2 Å². The van der Waals surface area contributed by atoms with Gasteiger partial charge in [-0.3, -0.25) is 4.79 Å². The number of hydrogen-bond acceptors (Lipinski definition) is 5. The van der Waals surface area contributed by atoms with Gasteiger partial charge >= 0.3 is 6.18 Å². The van der Waals surface area contributed by atoms with E-state index >= 15 is 0 Å². The molecule has 1 aliphatic heterocycles. The first-order valence-electron chi connectivity index (χ1n) is 12.0. The van der Waals surface area contributed by atoms with Crippen LogP contribution in [0, 0.1) is 5.41 Å². The third-order valence-electron chi connectivity index (χ3n) is 6.87. The normalized spacial score (nSPS) is 18.3. The van der Waals surface area contributed by atoms with Crippen LogP contribution in [0.1, 0.15) is 31.2 Å². The number of nitrogen functional groups attached to an aromatic ring is 1. The van der Waals surface area contributed by atoms with Crippen molar-refractivity contribution in [2.75, 3.05) is 41.5 Å². The lowest BCUT2D eigenvalue weighted by atomic mass is 10.1. The second-order valence-corrected chi connectivity index (χ2v) is 10.7. The maximum atomic E-state index is 13.2. The number of hydrogen-bond donors (Lipinski definition) is 4. The van der Waals surface area contributed by atoms with Crippen molar-refractivity contribution in [1.29, 1.82) is 0 Å². The van der Waals surface area contributed by atoms with Gasteiger partial charge in [0.15, 0.2) is 5.11 Å². The van der Waals surface area contributed by atoms with Gasteiger partial charge in [-0.1, -0.05) is 29.3 Å². The minimum atomic E-state index is -4.56. The fourth-order valence-corrected chi connectivity index (χ4v) is 5.26. The number of benzene rings is 2. The molecule has 0 bridgehead atoms. The number of carbonyl (C=O) groups excluding carboxylic acids is 1. The predicted octanol–water partition coefficient (Wildman–Crippen LogP) is 5.96. The minimum Gasteiger partial charge on any atom is -0.397 e. The molecular formula is C25H28Cl2F3N5O2S. The molecule has 38 heavy (non-hydrogen) atoms. The average Bonchev–Trinajstić information content (AvgIpc) is 3.56. The summed E-state index contributed by atoms with van der Waals surface area (Å²) in [5.74, 6) is -1.02. The molecule has 4 rings (SSSR count). The Labute approximate surface area is 234 Å². The van der Waals surface area contributed by atoms with Crippen LogP contribution in [0.25, 0.3) is 0 Å². The Morgan fingerprint density at radius 3 is 2.55 bits per heavy atom. The zero-order valence-corrected chi connectivity index (χ0v) is 22.9. The Bertz CT molecular complexity index is 1230. The SMILES string of the molecule is COCC1CCCN1c1cc(NC(=S)Nc2cc(CNC(=O)C3(C(F)(F)F)CC3)ccc2Cl)c(N)cc1Cl. The first-order chi connectivity index (χ1) is 17.9. The number of nitrogens with zero attached hydrogens (tertiary/aromatic N) is 1. The zero-order chi connectivity index (χ0) is 27.7. The molecule has 0 aromatic heterocycles. The van der Waals surface area contributed by atoms with E-state index < -0.39 is 17.5 Å². The standard InChI is InChI=1S/C25H28Cl2F3N5O2S/c1-37-13-15-3-2-8-35(15)21-11-20(18(31)10-17(21)27)34-23(38)33-19-9-14(4-5-16(19)26)12-32-22(36)24(6-7-24)25(28,29)30/h4-5,9-11,15H,2-3,6-8,12-13,31H2,1H3,(H,32,36)(H2,33,34,38). The highest BCUT2D eigenvalue weighted by Crippen LogP contribution is 2.57. The summed E-state index contributed by atoms with van der Waals surface area (Å²) in [5, 5.41) is 9.48. The Morgan fingerprint density at radius 1 is 1.18 bits per heavy atom. The van der Waals surface area contributed by atoms with E-state index in [-0.39, 0.29) is 30.5 Å². The molecule has 0 radical (unpaired) electrons. The van der Waals surface area contributed by atoms with Gasteiger partial charge < -0.3 is 31.3 Å². The highest BCUT2D eigenvalue weighted by atomic mass is 35.5. The van der Waals surface area contributed by atoms with E-state index in [4.69, 9.17) is 45.9 Å². The van der Waals surface area contributed by atoms with Gasteiger partial charge in [-0.15, -0.1) is 0 Å². The number of anilines is 4. The van der Waals surface area contributed by atoms with Gasteiger partial charge in [-0.05, 0) is 67.7 Å². The van der Waals surface area contributed by atoms with Crippen molar-refractivity contribution in [3.05, 3.63) is 45.9 Å². The summed E-state index contributed by atoms with van der Waals surface area (Å²) < 4.78 is 44.9. The van der Waals surface area contributed by atoms with E-state index in [0.717, 1.165) is 25.1 Å². The lowest BCUT2D eigenvalue weighted by molar-refractivity contribution is -0.192. The minimum absolute atomic E-state index is 0.0886. The van der Waals surface area contributed by atoms with Gasteiger partial charge in [0.2, 0.25) is 5.91 Å². The number of carbonyl (C=O) groups is 1. The van der Waals surface area contributed by atoms with Crippen LogP contribution in [-0.4, -0.2) is 43.5 Å². The summed E-state index contributed by atoms with van der Waals surface area (Å²) in [6.07, 6.45) is -2.95. The van der Waals surface area contributed by atoms with Crippen LogP contribution in [-0.2, 0) is 16.1 Å². The molecule has 13 heteroatoms. The van der Waals surface area contributed by atoms with Crippen LogP contribution in [0.3, 0.4) is 0 Å². The lowest BCUT2D eigenvalue weighted by Crippen LogP contribution is -2.40. The summed E-state index contributed by atoms with van der Waals surface area (Å²) in [6, 6.07) is 8.50. The van der Waals surface area contributed by atoms with Gasteiger partial charge in [0.25, 0.3) is 0 Å². The number of halogens is 5. The lowest BCUT2D eigenvalue weighted by Gasteiger charge is -2.28. The first-order valence-corrected chi connectivity index (χ1v) is 13.2. The molecule has 7 nitrogen and oxygen atoms in total. The molecule has 2 aliphatic rings. The molecule has 5 N–H and O–H groups in total. The van der Waals surface area contributed by atoms with Crippen LogP contribution in [0.4, 0.5) is 35.9 Å². The number of nitrogens with two attached hydrogens (primary N) is 1. The van der Waals surface area contributed by atoms with Crippen molar-refractivity contribution >= 4 is 69.2 Å². The molecule has 206 valence electrons. The molecule has 1 unspecified atom stereocenters. The van der Waals surface area contributed by atoms with Crippen molar-refractivity contribution in [3.63, 3.8) is 0 Å². The number of rotatable bonds is 8. The van der Waals surface area contributed by atoms with Crippen LogP contribution in [0.2, 0.25) is 10.0 Å². The van der Waals surface area contributed by atoms with Crippen molar-refractivity contribution in [2.24, 2.45) is 5.41 Å². The first kappa shape index (κ1) is 28.5. The summed E-state index contributed by atoms with van der Waals surface area (Å²) in [7, 11) is 1.67. The fourth-order valence-electron chi connectivity index (χ4n) is 4.59. The molecule has 2 fully saturated rings. The topological polar surface area (TPSA) is 91.6 Å². The summed E-state index contributed by atoms with van der Waals surface area (Å²) in [5.41, 5.74) is 6.64. The highest BCUT2D eigenvalue weighted by molar-refractivity contribution is 7.80. The zero-order valence-electron chi connectivity index (χ0n) is 20.6. The average molecular weight is 590 g/mol. The van der Waals surface area contributed by atoms with E-state index in [1.165, 1.54) is 0 Å². The Kier molecular flexibility index (Phi) is 8.51. The predicted molar refractivity (Wildman–Crippen MR) is 149 cm³/mol. The fraction of sp³-hybridized carbons (Fsp3) is 0.440. The summed E-state index contributed by atoms with van der Waals surface area (Å²) in [6.45, 7) is 1.33. The second kappa shape index (κ2) is 11.3. The summed E-state index contributed by atoms with van der Waals surface area (Å²) >= 11 is 18.3. The molecule has 1 amide bonds. The number of amides is 1. The number of nitrogens with one attached hydrogen (secondary N) is 3. The Hall–Kier alpha value is -2.47. The van der Waals surface area contributed by atoms with Crippen LogP contribution < -0.4 is 26.6 Å².